The first kappa shape index (κ1) is 82.7. The maximum absolute atomic E-state index is 13.3. The van der Waals surface area contributed by atoms with Crippen LogP contribution in [0, 0.1) is 17.8 Å². The summed E-state index contributed by atoms with van der Waals surface area (Å²) in [5.74, 6) is 2.40. The van der Waals surface area contributed by atoms with Crippen LogP contribution in [-0.4, -0.2) is 142 Å². The van der Waals surface area contributed by atoms with Gasteiger partial charge in [0.25, 0.3) is 0 Å². The minimum absolute atomic E-state index is 0. The number of nitrogens with zero attached hydrogens (tertiary/aromatic N) is 3. The van der Waals surface area contributed by atoms with Gasteiger partial charge in [-0.15, -0.1) is 0 Å². The zero-order valence-corrected chi connectivity index (χ0v) is 61.0. The van der Waals surface area contributed by atoms with Gasteiger partial charge in [0.2, 0.25) is 0 Å². The van der Waals surface area contributed by atoms with Gasteiger partial charge in [0.1, 0.15) is 17.2 Å². The molecule has 3 aliphatic heterocycles. The normalized spacial score (nSPS) is 21.0. The van der Waals surface area contributed by atoms with Crippen LogP contribution < -0.4 is 43.8 Å². The van der Waals surface area contributed by atoms with Crippen LogP contribution in [0.4, 0.5) is 39.5 Å². The van der Waals surface area contributed by atoms with Crippen LogP contribution in [0.3, 0.4) is 0 Å². The molecule has 0 aromatic heterocycles. The SMILES string of the molecule is CO.O=C(CN1CCC[C@@H](COc2ccc(C(F)(F)F)cc2)C1)C1(c2ccc(Cl)cc2)CCC1.O[C@@H](CN1CCC[C@@H](COc2ccc(C(F)(F)F)cc2)C1)C1(c2ccc(Cl)cc2)CCC1.O[C@H](CN1CCC[C@@H](COc2ccc(C(F)(F)F)cc2)C1)C1(c2ccc(Cl)cc2)CCC1.[B].[H-].[Na+]. The van der Waals surface area contributed by atoms with Crippen molar-refractivity contribution < 1.29 is 105 Å². The van der Waals surface area contributed by atoms with Gasteiger partial charge in [-0.1, -0.05) is 90.5 Å². The number of halogens is 12. The van der Waals surface area contributed by atoms with Crippen molar-refractivity contribution in [3.05, 3.63) is 194 Å². The van der Waals surface area contributed by atoms with E-state index in [1.54, 1.807) is 0 Å². The number of aliphatic hydroxyl groups is 3. The fourth-order valence-electron chi connectivity index (χ4n) is 14.7. The molecule has 6 aromatic rings. The fraction of sp³-hybridized carbons (Fsp3) is 0.513. The Morgan fingerprint density at radius 2 is 0.730 bits per heavy atom. The molecule has 5 atom stereocenters. The molecule has 6 fully saturated rings. The van der Waals surface area contributed by atoms with Gasteiger partial charge in [0, 0.05) is 91.9 Å². The van der Waals surface area contributed by atoms with Gasteiger partial charge in [-0.2, -0.15) is 39.5 Å². The maximum Gasteiger partial charge on any atom is 1.00 e. The molecule has 24 heteroatoms. The Morgan fingerprint density at radius 1 is 0.450 bits per heavy atom. The summed E-state index contributed by atoms with van der Waals surface area (Å²) in [4.78, 5) is 20.1. The maximum atomic E-state index is 13.3. The van der Waals surface area contributed by atoms with E-state index in [1.165, 1.54) is 36.4 Å². The van der Waals surface area contributed by atoms with E-state index >= 15 is 0 Å². The summed E-state index contributed by atoms with van der Waals surface area (Å²) in [6.45, 7) is 8.11. The van der Waals surface area contributed by atoms with Crippen molar-refractivity contribution in [1.82, 2.24) is 14.7 Å². The molecule has 10 nitrogen and oxygen atoms in total. The third kappa shape index (κ3) is 22.0. The first-order valence-corrected chi connectivity index (χ1v) is 35.1. The molecule has 3 saturated carbocycles. The predicted octanol–water partition coefficient (Wildman–Crippen LogP) is 14.3. The molecule has 0 bridgehead atoms. The Balaban J connectivity index is 0.000000232. The molecule has 12 rings (SSSR count). The number of β-amino-alcohol motifs (C(OH)–C–C–N with tert-alkyl or cyclic N) is 2. The van der Waals surface area contributed by atoms with Crippen LogP contribution in [0.25, 0.3) is 0 Å². The molecule has 6 aromatic carbocycles. The minimum Gasteiger partial charge on any atom is -1.00 e. The number of hydrogen-bond donors (Lipinski definition) is 3. The number of piperidine rings is 3. The van der Waals surface area contributed by atoms with Crippen molar-refractivity contribution in [3.63, 3.8) is 0 Å². The molecule has 0 amide bonds. The number of hydrogen-bond acceptors (Lipinski definition) is 10. The van der Waals surface area contributed by atoms with Gasteiger partial charge >= 0.3 is 48.1 Å². The number of rotatable bonds is 21. The number of aliphatic hydroxyl groups excluding tert-OH is 3. The molecule has 3 N–H and O–H groups in total. The topological polar surface area (TPSA) is 115 Å². The van der Waals surface area contributed by atoms with Crippen molar-refractivity contribution in [3.8, 4) is 17.2 Å². The Hall–Kier alpha value is -4.55. The minimum atomic E-state index is -4.35. The number of Topliss-reactive ketones (excluding diaryl/α,β-unsaturated/α-hetero) is 1. The Kier molecular flexibility index (Phi) is 31.0. The van der Waals surface area contributed by atoms with E-state index in [1.807, 2.05) is 72.8 Å². The molecule has 6 aliphatic rings. The molecule has 3 radical (unpaired) electrons. The Labute approximate surface area is 622 Å². The zero-order valence-electron chi connectivity index (χ0n) is 57.8. The van der Waals surface area contributed by atoms with Gasteiger partial charge in [0.05, 0.1) is 60.7 Å². The van der Waals surface area contributed by atoms with E-state index in [9.17, 15) is 54.5 Å². The van der Waals surface area contributed by atoms with Gasteiger partial charge in [-0.25, -0.2) is 0 Å². The third-order valence-electron chi connectivity index (χ3n) is 20.8. The summed E-state index contributed by atoms with van der Waals surface area (Å²) in [6, 6.07) is 37.8. The predicted molar refractivity (Wildman–Crippen MR) is 371 cm³/mol. The van der Waals surface area contributed by atoms with E-state index in [4.69, 9.17) is 54.1 Å². The molecule has 0 spiro atoms. The number of carbonyl (C=O) groups excluding carboxylic acids is 1. The molecule has 3 saturated heterocycles. The van der Waals surface area contributed by atoms with Crippen LogP contribution in [0.5, 0.6) is 17.2 Å². The summed E-state index contributed by atoms with van der Waals surface area (Å²) >= 11 is 18.1. The van der Waals surface area contributed by atoms with E-state index in [0.29, 0.717) is 71.8 Å². The number of carbonyl (C=O) groups is 1. The van der Waals surface area contributed by atoms with Crippen LogP contribution in [0.1, 0.15) is 131 Å². The van der Waals surface area contributed by atoms with Crippen LogP contribution >= 0.6 is 34.8 Å². The average molecular weight is 1470 g/mol. The summed E-state index contributed by atoms with van der Waals surface area (Å²) in [7, 11) is 1.00. The molecule has 539 valence electrons. The Morgan fingerprint density at radius 3 is 1.00 bits per heavy atom. The summed E-state index contributed by atoms with van der Waals surface area (Å²) in [5, 5.41) is 31.4. The van der Waals surface area contributed by atoms with Crippen LogP contribution in [0.15, 0.2) is 146 Å². The number of ketones is 1. The second-order valence-corrected chi connectivity index (χ2v) is 28.5. The molecule has 100 heavy (non-hydrogen) atoms. The third-order valence-corrected chi connectivity index (χ3v) is 21.5. The van der Waals surface area contributed by atoms with Crippen molar-refractivity contribution in [2.24, 2.45) is 17.8 Å². The van der Waals surface area contributed by atoms with Crippen molar-refractivity contribution in [2.75, 3.05) is 85.8 Å². The summed E-state index contributed by atoms with van der Waals surface area (Å²) < 4.78 is 132. The van der Waals surface area contributed by atoms with E-state index < -0.39 is 52.8 Å². The number of ether oxygens (including phenoxy) is 3. The second kappa shape index (κ2) is 37.4. The van der Waals surface area contributed by atoms with E-state index in [2.05, 4.69) is 14.7 Å². The largest absolute Gasteiger partial charge is 1.00 e. The van der Waals surface area contributed by atoms with Gasteiger partial charge in [-0.05, 0) is 223 Å². The first-order chi connectivity index (χ1) is 46.8. The van der Waals surface area contributed by atoms with Crippen molar-refractivity contribution in [2.45, 2.75) is 143 Å². The summed E-state index contributed by atoms with van der Waals surface area (Å²) in [6.07, 6.45) is 1.01. The van der Waals surface area contributed by atoms with Gasteiger partial charge in [-0.3, -0.25) is 9.69 Å². The van der Waals surface area contributed by atoms with Gasteiger partial charge < -0.3 is 40.8 Å². The average Bonchev–Trinajstić information content (AvgIpc) is 0.774. The van der Waals surface area contributed by atoms with E-state index in [-0.39, 0.29) is 73.8 Å². The van der Waals surface area contributed by atoms with Crippen LogP contribution in [-0.2, 0) is 39.6 Å². The standard InChI is InChI=1S/2C25H29ClF3NO2.C25H27ClF3NO2.CH4O.B.Na.H/c3*26-21-8-4-19(5-9-21)24(12-2-13-24)23(31)16-30-14-1-3-18(15-30)17-32-22-10-6-20(7-11-22)25(27,28)29;1-2;;;/h2*4-11,18,23,31H,1-3,12-17H2;4-11,18H,1-3,12-17H2;2H,1H3;;;/q;;;;;+1;-1/t18-,23+;18-,23-;18-;;;;/m111..../s1. The van der Waals surface area contributed by atoms with Crippen molar-refractivity contribution in [1.29, 1.82) is 0 Å². The van der Waals surface area contributed by atoms with Crippen molar-refractivity contribution >= 4 is 49.0 Å². The molecule has 0 unspecified atom stereocenters. The van der Waals surface area contributed by atoms with E-state index in [0.717, 1.165) is 196 Å². The number of benzene rings is 6. The molecular formula is C76H90BCl3F9N3NaO7. The molecular weight excluding hydrogens is 1380 g/mol. The molecule has 3 heterocycles. The smallest absolute Gasteiger partial charge is 1.00 e. The fourth-order valence-corrected chi connectivity index (χ4v) is 15.1. The number of likely N-dealkylation sites (tertiary alicyclic amines) is 3. The number of alkyl halides is 9. The van der Waals surface area contributed by atoms with Crippen LogP contribution in [0.2, 0.25) is 15.1 Å². The summed E-state index contributed by atoms with van der Waals surface area (Å²) in [5.41, 5.74) is 0.535. The second-order valence-electron chi connectivity index (χ2n) is 27.2. The van der Waals surface area contributed by atoms with Gasteiger partial charge in [0.15, 0.2) is 5.78 Å². The monoisotopic (exact) mass is 1470 g/mol. The zero-order chi connectivity index (χ0) is 70.3. The first-order valence-electron chi connectivity index (χ1n) is 34.0. The molecule has 3 aliphatic carbocycles. The quantitative estimate of drug-likeness (QED) is 0.0475. The Bertz CT molecular complexity index is 3280.